The van der Waals surface area contributed by atoms with Crippen molar-refractivity contribution in [3.8, 4) is 18.1 Å². The number of hydrogen-bond donors (Lipinski definition) is 2. The third kappa shape index (κ3) is 5.78. The van der Waals surface area contributed by atoms with E-state index in [0.717, 1.165) is 12.2 Å². The van der Waals surface area contributed by atoms with Crippen molar-refractivity contribution in [2.75, 3.05) is 13.2 Å². The molecule has 0 saturated heterocycles. The molecule has 104 valence electrons. The molecule has 2 N–H and O–H groups in total. The summed E-state index contributed by atoms with van der Waals surface area (Å²) in [6.07, 6.45) is 5.78. The summed E-state index contributed by atoms with van der Waals surface area (Å²) >= 11 is 0. The van der Waals surface area contributed by atoms with Gasteiger partial charge < -0.3 is 9.84 Å². The molecule has 0 bridgehead atoms. The van der Waals surface area contributed by atoms with Gasteiger partial charge in [0.05, 0.1) is 5.54 Å². The predicted octanol–water partition coefficient (Wildman–Crippen LogP) is 1.99. The van der Waals surface area contributed by atoms with Crippen LogP contribution in [0.4, 0.5) is 0 Å². The highest BCUT2D eigenvalue weighted by molar-refractivity contribution is 5.27. The van der Waals surface area contributed by atoms with E-state index in [1.54, 1.807) is 0 Å². The van der Waals surface area contributed by atoms with E-state index in [9.17, 15) is 5.11 Å². The summed E-state index contributed by atoms with van der Waals surface area (Å²) in [6.45, 7) is 6.55. The molecule has 0 radical (unpaired) electrons. The van der Waals surface area contributed by atoms with Gasteiger partial charge in [0.15, 0.2) is 0 Å². The molecule has 19 heavy (non-hydrogen) atoms. The molecule has 1 aromatic carbocycles. The highest BCUT2D eigenvalue weighted by Gasteiger charge is 2.15. The average Bonchev–Trinajstić information content (AvgIpc) is 2.43. The van der Waals surface area contributed by atoms with Crippen LogP contribution in [0.2, 0.25) is 0 Å². The van der Waals surface area contributed by atoms with Crippen molar-refractivity contribution in [2.45, 2.75) is 38.8 Å². The molecule has 0 spiro atoms. The number of ether oxygens (including phenoxy) is 1. The number of aryl methyl sites for hydroxylation is 1. The first-order chi connectivity index (χ1) is 8.96. The summed E-state index contributed by atoms with van der Waals surface area (Å²) < 4.78 is 5.52. The number of aliphatic hydroxyl groups is 1. The molecule has 0 amide bonds. The van der Waals surface area contributed by atoms with E-state index in [4.69, 9.17) is 11.2 Å². The van der Waals surface area contributed by atoms with Crippen molar-refractivity contribution in [3.05, 3.63) is 29.8 Å². The highest BCUT2D eigenvalue weighted by atomic mass is 16.5. The lowest BCUT2D eigenvalue weighted by Crippen LogP contribution is -2.43. The molecule has 0 saturated carbocycles. The van der Waals surface area contributed by atoms with Gasteiger partial charge in [-0.15, -0.1) is 6.42 Å². The summed E-state index contributed by atoms with van der Waals surface area (Å²) in [5.74, 6) is 3.39. The molecule has 0 aromatic heterocycles. The Bertz CT molecular complexity index is 417. The summed E-state index contributed by atoms with van der Waals surface area (Å²) in [4.78, 5) is 0. The first-order valence-electron chi connectivity index (χ1n) is 6.59. The Morgan fingerprint density at radius 2 is 2.00 bits per heavy atom. The number of rotatable bonds is 7. The van der Waals surface area contributed by atoms with Gasteiger partial charge in [-0.25, -0.2) is 0 Å². The minimum atomic E-state index is -0.585. The second-order valence-electron chi connectivity index (χ2n) is 5.11. The van der Waals surface area contributed by atoms with Gasteiger partial charge in [-0.2, -0.15) is 0 Å². The molecular formula is C16H23NO2. The molecule has 0 aliphatic rings. The maximum atomic E-state index is 9.81. The van der Waals surface area contributed by atoms with E-state index in [0.29, 0.717) is 6.54 Å². The number of benzene rings is 1. The third-order valence-electron chi connectivity index (χ3n) is 2.91. The van der Waals surface area contributed by atoms with Crippen molar-refractivity contribution in [2.24, 2.45) is 0 Å². The van der Waals surface area contributed by atoms with Crippen LogP contribution in [0, 0.1) is 12.3 Å². The van der Waals surface area contributed by atoms with Crippen LogP contribution >= 0.6 is 0 Å². The van der Waals surface area contributed by atoms with Crippen LogP contribution in [0.1, 0.15) is 26.3 Å². The zero-order chi connectivity index (χ0) is 14.3. The Morgan fingerprint density at radius 1 is 1.37 bits per heavy atom. The lowest BCUT2D eigenvalue weighted by atomic mass is 10.1. The molecule has 0 aliphatic heterocycles. The van der Waals surface area contributed by atoms with E-state index >= 15 is 0 Å². The summed E-state index contributed by atoms with van der Waals surface area (Å²) in [7, 11) is 0. The van der Waals surface area contributed by atoms with Gasteiger partial charge in [0, 0.05) is 6.54 Å². The van der Waals surface area contributed by atoms with E-state index in [1.165, 1.54) is 5.56 Å². The van der Waals surface area contributed by atoms with Gasteiger partial charge in [-0.1, -0.05) is 25.0 Å². The summed E-state index contributed by atoms with van der Waals surface area (Å²) in [5.41, 5.74) is 0.856. The minimum Gasteiger partial charge on any atom is -0.491 e. The SMILES string of the molecule is C#CC(C)(C)NCC(O)COc1ccc(CC)cc1. The zero-order valence-electron chi connectivity index (χ0n) is 11.9. The van der Waals surface area contributed by atoms with E-state index in [-0.39, 0.29) is 6.61 Å². The molecule has 0 aliphatic carbocycles. The van der Waals surface area contributed by atoms with Gasteiger partial charge in [-0.05, 0) is 38.0 Å². The molecular weight excluding hydrogens is 238 g/mol. The quantitative estimate of drug-likeness (QED) is 0.738. The second-order valence-corrected chi connectivity index (χ2v) is 5.11. The molecule has 3 nitrogen and oxygen atoms in total. The van der Waals surface area contributed by atoms with Crippen LogP contribution in [-0.2, 0) is 6.42 Å². The van der Waals surface area contributed by atoms with Crippen LogP contribution < -0.4 is 10.1 Å². The van der Waals surface area contributed by atoms with E-state index < -0.39 is 11.6 Å². The molecule has 0 heterocycles. The van der Waals surface area contributed by atoms with Crippen molar-refractivity contribution in [1.29, 1.82) is 0 Å². The van der Waals surface area contributed by atoms with Crippen molar-refractivity contribution < 1.29 is 9.84 Å². The van der Waals surface area contributed by atoms with Crippen LogP contribution in [0.5, 0.6) is 5.75 Å². The van der Waals surface area contributed by atoms with Crippen LogP contribution in [-0.4, -0.2) is 29.9 Å². The molecule has 1 rings (SSSR count). The molecule has 1 atom stereocenters. The highest BCUT2D eigenvalue weighted by Crippen LogP contribution is 2.12. The number of hydrogen-bond acceptors (Lipinski definition) is 3. The Morgan fingerprint density at radius 3 is 2.53 bits per heavy atom. The number of terminal acetylenes is 1. The van der Waals surface area contributed by atoms with Gasteiger partial charge in [0.2, 0.25) is 0 Å². The zero-order valence-corrected chi connectivity index (χ0v) is 11.9. The van der Waals surface area contributed by atoms with Crippen molar-refractivity contribution in [3.63, 3.8) is 0 Å². The Kier molecular flexibility index (Phi) is 5.88. The van der Waals surface area contributed by atoms with Gasteiger partial charge in [0.25, 0.3) is 0 Å². The lowest BCUT2D eigenvalue weighted by molar-refractivity contribution is 0.102. The Balaban J connectivity index is 2.33. The topological polar surface area (TPSA) is 41.5 Å². The molecule has 1 aromatic rings. The van der Waals surface area contributed by atoms with Crippen LogP contribution in [0.25, 0.3) is 0 Å². The fourth-order valence-corrected chi connectivity index (χ4v) is 1.50. The number of aliphatic hydroxyl groups excluding tert-OH is 1. The molecule has 0 fully saturated rings. The van der Waals surface area contributed by atoms with E-state index in [1.807, 2.05) is 38.1 Å². The monoisotopic (exact) mass is 261 g/mol. The standard InChI is InChI=1S/C16H23NO2/c1-5-13-7-9-15(10-8-13)19-12-14(18)11-17-16(3,4)6-2/h2,7-10,14,17-18H,5,11-12H2,1,3-4H3. The van der Waals surface area contributed by atoms with Crippen LogP contribution in [0.15, 0.2) is 24.3 Å². The van der Waals surface area contributed by atoms with Crippen molar-refractivity contribution >= 4 is 0 Å². The Labute approximate surface area is 116 Å². The van der Waals surface area contributed by atoms with Gasteiger partial charge in [-0.3, -0.25) is 5.32 Å². The van der Waals surface area contributed by atoms with E-state index in [2.05, 4.69) is 18.2 Å². The van der Waals surface area contributed by atoms with Crippen LogP contribution in [0.3, 0.4) is 0 Å². The first-order valence-corrected chi connectivity index (χ1v) is 6.59. The van der Waals surface area contributed by atoms with Crippen molar-refractivity contribution in [1.82, 2.24) is 5.32 Å². The third-order valence-corrected chi connectivity index (χ3v) is 2.91. The predicted molar refractivity (Wildman–Crippen MR) is 78.2 cm³/mol. The molecule has 3 heteroatoms. The smallest absolute Gasteiger partial charge is 0.119 e. The fraction of sp³-hybridized carbons (Fsp3) is 0.500. The summed E-state index contributed by atoms with van der Waals surface area (Å²) in [6, 6.07) is 7.90. The number of β-amino-alcohol motifs (C(OH)–C–C–N with tert-alkyl or cyclic N) is 1. The largest absolute Gasteiger partial charge is 0.491 e. The normalized spacial score (nSPS) is 12.8. The summed E-state index contributed by atoms with van der Waals surface area (Å²) in [5, 5.41) is 12.9. The number of nitrogens with one attached hydrogen (secondary N) is 1. The maximum Gasteiger partial charge on any atom is 0.119 e. The first kappa shape index (κ1) is 15.6. The average molecular weight is 261 g/mol. The molecule has 1 unspecified atom stereocenters. The van der Waals surface area contributed by atoms with Gasteiger partial charge in [0.1, 0.15) is 18.5 Å². The second kappa shape index (κ2) is 7.18. The fourth-order valence-electron chi connectivity index (χ4n) is 1.50. The maximum absolute atomic E-state index is 9.81. The van der Waals surface area contributed by atoms with Gasteiger partial charge >= 0.3 is 0 Å². The lowest BCUT2D eigenvalue weighted by Gasteiger charge is -2.22. The Hall–Kier alpha value is -1.50. The minimum absolute atomic E-state index is 0.249.